The molecule has 0 heterocycles. The number of ether oxygens (including phenoxy) is 2. The zero-order chi connectivity index (χ0) is 15.6. The highest BCUT2D eigenvalue weighted by molar-refractivity contribution is 5.92. The van der Waals surface area contributed by atoms with Crippen LogP contribution >= 0.6 is 0 Å². The molecular formula is C19H22O3. The van der Waals surface area contributed by atoms with E-state index in [1.807, 2.05) is 48.5 Å². The second kappa shape index (κ2) is 8.88. The summed E-state index contributed by atoms with van der Waals surface area (Å²) >= 11 is 0. The molecule has 0 aliphatic heterocycles. The van der Waals surface area contributed by atoms with Gasteiger partial charge in [0.15, 0.2) is 0 Å². The molecule has 116 valence electrons. The summed E-state index contributed by atoms with van der Waals surface area (Å²) in [6.45, 7) is 3.09. The van der Waals surface area contributed by atoms with Gasteiger partial charge in [-0.15, -0.1) is 0 Å². The Morgan fingerprint density at radius 2 is 1.68 bits per heavy atom. The predicted molar refractivity (Wildman–Crippen MR) is 87.3 cm³/mol. The molecule has 3 nitrogen and oxygen atoms in total. The Balaban J connectivity index is 1.89. The van der Waals surface area contributed by atoms with E-state index in [1.54, 1.807) is 6.07 Å². The van der Waals surface area contributed by atoms with Gasteiger partial charge in [0, 0.05) is 6.42 Å². The number of hydrogen-bond acceptors (Lipinski definition) is 3. The van der Waals surface area contributed by atoms with Crippen molar-refractivity contribution < 1.29 is 14.3 Å². The quantitative estimate of drug-likeness (QED) is 0.539. The smallest absolute Gasteiger partial charge is 0.341 e. The van der Waals surface area contributed by atoms with E-state index >= 15 is 0 Å². The van der Waals surface area contributed by atoms with Crippen molar-refractivity contribution in [3.05, 3.63) is 65.7 Å². The van der Waals surface area contributed by atoms with E-state index in [9.17, 15) is 4.79 Å². The van der Waals surface area contributed by atoms with Crippen LogP contribution in [0.5, 0.6) is 5.75 Å². The fraction of sp³-hybridized carbons (Fsp3) is 0.316. The van der Waals surface area contributed by atoms with Gasteiger partial charge in [0.2, 0.25) is 0 Å². The van der Waals surface area contributed by atoms with Crippen molar-refractivity contribution in [3.63, 3.8) is 0 Å². The van der Waals surface area contributed by atoms with E-state index in [-0.39, 0.29) is 5.97 Å². The van der Waals surface area contributed by atoms with Crippen LogP contribution in [0.1, 0.15) is 35.7 Å². The molecule has 0 unspecified atom stereocenters. The lowest BCUT2D eigenvalue weighted by atomic mass is 10.2. The largest absolute Gasteiger partial charge is 0.493 e. The molecule has 22 heavy (non-hydrogen) atoms. The fourth-order valence-corrected chi connectivity index (χ4v) is 2.07. The highest BCUT2D eigenvalue weighted by atomic mass is 16.5. The zero-order valence-corrected chi connectivity index (χ0v) is 13.0. The van der Waals surface area contributed by atoms with Crippen molar-refractivity contribution >= 4 is 5.97 Å². The van der Waals surface area contributed by atoms with Crippen LogP contribution in [0, 0.1) is 0 Å². The molecule has 0 N–H and O–H groups in total. The lowest BCUT2D eigenvalue weighted by Crippen LogP contribution is -2.10. The van der Waals surface area contributed by atoms with Gasteiger partial charge in [-0.2, -0.15) is 0 Å². The first kappa shape index (κ1) is 16.1. The standard InChI is InChI=1S/C19H22O3/c1-2-3-14-21-18-12-8-7-11-17(18)19(20)22-15-13-16-9-5-4-6-10-16/h4-12H,2-3,13-15H2,1H3. The van der Waals surface area contributed by atoms with E-state index in [1.165, 1.54) is 0 Å². The van der Waals surface area contributed by atoms with Crippen LogP contribution in [0.3, 0.4) is 0 Å². The van der Waals surface area contributed by atoms with Gasteiger partial charge in [-0.3, -0.25) is 0 Å². The van der Waals surface area contributed by atoms with Crippen LogP contribution in [0.2, 0.25) is 0 Å². The van der Waals surface area contributed by atoms with Crippen molar-refractivity contribution in [2.24, 2.45) is 0 Å². The molecular weight excluding hydrogens is 276 g/mol. The van der Waals surface area contributed by atoms with Crippen molar-refractivity contribution in [2.75, 3.05) is 13.2 Å². The van der Waals surface area contributed by atoms with Crippen LogP contribution in [-0.4, -0.2) is 19.2 Å². The molecule has 0 amide bonds. The van der Waals surface area contributed by atoms with Crippen molar-refractivity contribution in [1.29, 1.82) is 0 Å². The predicted octanol–water partition coefficient (Wildman–Crippen LogP) is 4.27. The minimum atomic E-state index is -0.331. The fourth-order valence-electron chi connectivity index (χ4n) is 2.07. The number of hydrogen-bond donors (Lipinski definition) is 0. The number of benzene rings is 2. The summed E-state index contributed by atoms with van der Waals surface area (Å²) in [5.41, 5.74) is 1.65. The minimum Gasteiger partial charge on any atom is -0.493 e. The summed E-state index contributed by atoms with van der Waals surface area (Å²) < 4.78 is 11.0. The third-order valence-electron chi connectivity index (χ3n) is 3.33. The van der Waals surface area contributed by atoms with Crippen LogP contribution in [0.25, 0.3) is 0 Å². The molecule has 0 aromatic heterocycles. The molecule has 0 atom stereocenters. The Labute approximate surface area is 131 Å². The van der Waals surface area contributed by atoms with E-state index in [4.69, 9.17) is 9.47 Å². The lowest BCUT2D eigenvalue weighted by Gasteiger charge is -2.11. The Bertz CT molecular complexity index is 578. The Morgan fingerprint density at radius 1 is 0.955 bits per heavy atom. The molecule has 0 radical (unpaired) electrons. The molecule has 3 heteroatoms. The average molecular weight is 298 g/mol. The van der Waals surface area contributed by atoms with Crippen LogP contribution in [0.4, 0.5) is 0 Å². The molecule has 0 bridgehead atoms. The van der Waals surface area contributed by atoms with Gasteiger partial charge in [0.05, 0.1) is 13.2 Å². The number of rotatable bonds is 8. The minimum absolute atomic E-state index is 0.331. The molecule has 0 spiro atoms. The molecule has 2 aromatic rings. The first-order valence-electron chi connectivity index (χ1n) is 7.74. The molecule has 0 saturated heterocycles. The number of para-hydroxylation sites is 1. The van der Waals surface area contributed by atoms with Crippen LogP contribution in [-0.2, 0) is 11.2 Å². The normalized spacial score (nSPS) is 10.2. The molecule has 0 saturated carbocycles. The Hall–Kier alpha value is -2.29. The number of unbranched alkanes of at least 4 members (excludes halogenated alkanes) is 1. The SMILES string of the molecule is CCCCOc1ccccc1C(=O)OCCc1ccccc1. The van der Waals surface area contributed by atoms with Gasteiger partial charge in [0.25, 0.3) is 0 Å². The van der Waals surface area contributed by atoms with E-state index in [2.05, 4.69) is 6.92 Å². The van der Waals surface area contributed by atoms with E-state index in [0.29, 0.717) is 30.9 Å². The highest BCUT2D eigenvalue weighted by Gasteiger charge is 2.13. The third-order valence-corrected chi connectivity index (χ3v) is 3.33. The number of esters is 1. The molecule has 2 aromatic carbocycles. The van der Waals surface area contributed by atoms with Crippen LogP contribution in [0.15, 0.2) is 54.6 Å². The summed E-state index contributed by atoms with van der Waals surface area (Å²) in [7, 11) is 0. The lowest BCUT2D eigenvalue weighted by molar-refractivity contribution is 0.0504. The maximum absolute atomic E-state index is 12.2. The van der Waals surface area contributed by atoms with Gasteiger partial charge >= 0.3 is 5.97 Å². The third kappa shape index (κ3) is 4.92. The topological polar surface area (TPSA) is 35.5 Å². The summed E-state index contributed by atoms with van der Waals surface area (Å²) in [6, 6.07) is 17.2. The van der Waals surface area contributed by atoms with Crippen molar-refractivity contribution in [3.8, 4) is 5.75 Å². The van der Waals surface area contributed by atoms with Gasteiger partial charge in [-0.05, 0) is 24.1 Å². The molecule has 2 rings (SSSR count). The maximum Gasteiger partial charge on any atom is 0.341 e. The second-order valence-electron chi connectivity index (χ2n) is 5.07. The number of carbonyl (C=O) groups is 1. The highest BCUT2D eigenvalue weighted by Crippen LogP contribution is 2.19. The first-order valence-corrected chi connectivity index (χ1v) is 7.74. The van der Waals surface area contributed by atoms with Gasteiger partial charge in [0.1, 0.15) is 11.3 Å². The van der Waals surface area contributed by atoms with Crippen LogP contribution < -0.4 is 4.74 Å². The average Bonchev–Trinajstić information content (AvgIpc) is 2.56. The van der Waals surface area contributed by atoms with E-state index in [0.717, 1.165) is 18.4 Å². The Kier molecular flexibility index (Phi) is 6.49. The second-order valence-corrected chi connectivity index (χ2v) is 5.07. The molecule has 0 fully saturated rings. The summed E-state index contributed by atoms with van der Waals surface area (Å²) in [4.78, 5) is 12.2. The number of carbonyl (C=O) groups excluding carboxylic acids is 1. The zero-order valence-electron chi connectivity index (χ0n) is 13.0. The van der Waals surface area contributed by atoms with Gasteiger partial charge < -0.3 is 9.47 Å². The molecule has 0 aliphatic carbocycles. The summed E-state index contributed by atoms with van der Waals surface area (Å²) in [5.74, 6) is 0.267. The van der Waals surface area contributed by atoms with Gasteiger partial charge in [-0.25, -0.2) is 4.79 Å². The first-order chi connectivity index (χ1) is 10.8. The Morgan fingerprint density at radius 3 is 2.45 bits per heavy atom. The van der Waals surface area contributed by atoms with Crippen molar-refractivity contribution in [2.45, 2.75) is 26.2 Å². The summed E-state index contributed by atoms with van der Waals surface area (Å²) in [5, 5.41) is 0. The maximum atomic E-state index is 12.2. The van der Waals surface area contributed by atoms with E-state index < -0.39 is 0 Å². The molecule has 0 aliphatic rings. The monoisotopic (exact) mass is 298 g/mol. The van der Waals surface area contributed by atoms with Gasteiger partial charge in [-0.1, -0.05) is 55.8 Å². The summed E-state index contributed by atoms with van der Waals surface area (Å²) in [6.07, 6.45) is 2.74. The van der Waals surface area contributed by atoms with Crippen molar-refractivity contribution in [1.82, 2.24) is 0 Å².